The summed E-state index contributed by atoms with van der Waals surface area (Å²) in [7, 11) is 0. The molecule has 3 N–H and O–H groups in total. The van der Waals surface area contributed by atoms with Gasteiger partial charge in [0.25, 0.3) is 0 Å². The van der Waals surface area contributed by atoms with Crippen LogP contribution in [0, 0.1) is 0 Å². The maximum absolute atomic E-state index is 11.6. The molecule has 1 aliphatic rings. The Morgan fingerprint density at radius 2 is 2.12 bits per heavy atom. The molecule has 16 heavy (non-hydrogen) atoms. The molecule has 2 rings (SSSR count). The molecule has 0 spiro atoms. The Balaban J connectivity index is 1.80. The molecular formula is C12H17N3O. The molecule has 4 nitrogen and oxygen atoms in total. The van der Waals surface area contributed by atoms with E-state index in [4.69, 9.17) is 0 Å². The summed E-state index contributed by atoms with van der Waals surface area (Å²) in [6, 6.07) is 9.60. The highest BCUT2D eigenvalue weighted by Gasteiger charge is 2.14. The zero-order valence-electron chi connectivity index (χ0n) is 9.20. The van der Waals surface area contributed by atoms with E-state index < -0.39 is 0 Å². The largest absolute Gasteiger partial charge is 0.334 e. The second-order valence-electron chi connectivity index (χ2n) is 4.01. The molecule has 2 amide bonds. The van der Waals surface area contributed by atoms with E-state index in [-0.39, 0.29) is 12.1 Å². The average molecular weight is 219 g/mol. The fraction of sp³-hybridized carbons (Fsp3) is 0.417. The number of urea groups is 1. The van der Waals surface area contributed by atoms with Crippen LogP contribution in [0.5, 0.6) is 0 Å². The third kappa shape index (κ3) is 3.24. The third-order valence-corrected chi connectivity index (χ3v) is 2.66. The summed E-state index contributed by atoms with van der Waals surface area (Å²) in [5, 5.41) is 9.03. The van der Waals surface area contributed by atoms with Crippen LogP contribution in [0.4, 0.5) is 10.5 Å². The van der Waals surface area contributed by atoms with Crippen LogP contribution in [0.15, 0.2) is 30.3 Å². The topological polar surface area (TPSA) is 53.2 Å². The van der Waals surface area contributed by atoms with Gasteiger partial charge < -0.3 is 16.0 Å². The molecule has 86 valence electrons. The maximum Gasteiger partial charge on any atom is 0.319 e. The van der Waals surface area contributed by atoms with Crippen molar-refractivity contribution in [3.05, 3.63) is 30.3 Å². The first-order valence-corrected chi connectivity index (χ1v) is 5.68. The van der Waals surface area contributed by atoms with E-state index in [1.807, 2.05) is 30.3 Å². The zero-order valence-corrected chi connectivity index (χ0v) is 9.20. The lowest BCUT2D eigenvalue weighted by Gasteiger charge is -2.23. The molecule has 1 aromatic rings. The SMILES string of the molecule is O=C(Nc1ccccc1)N[C@@H]1CCCNC1. The van der Waals surface area contributed by atoms with Crippen molar-refractivity contribution in [2.75, 3.05) is 18.4 Å². The predicted octanol–water partition coefficient (Wildman–Crippen LogP) is 1.56. The molecule has 1 aliphatic heterocycles. The van der Waals surface area contributed by atoms with Gasteiger partial charge in [0.15, 0.2) is 0 Å². The Morgan fingerprint density at radius 1 is 1.31 bits per heavy atom. The molecule has 0 unspecified atom stereocenters. The van der Waals surface area contributed by atoms with Crippen molar-refractivity contribution < 1.29 is 4.79 Å². The fourth-order valence-corrected chi connectivity index (χ4v) is 1.85. The van der Waals surface area contributed by atoms with Gasteiger partial charge in [-0.05, 0) is 31.5 Å². The minimum atomic E-state index is -0.125. The van der Waals surface area contributed by atoms with Crippen LogP contribution in [-0.2, 0) is 0 Å². The van der Waals surface area contributed by atoms with E-state index in [2.05, 4.69) is 16.0 Å². The monoisotopic (exact) mass is 219 g/mol. The van der Waals surface area contributed by atoms with Crippen LogP contribution in [0.25, 0.3) is 0 Å². The van der Waals surface area contributed by atoms with Gasteiger partial charge in [-0.2, -0.15) is 0 Å². The number of benzene rings is 1. The van der Waals surface area contributed by atoms with Crippen LogP contribution < -0.4 is 16.0 Å². The molecule has 1 fully saturated rings. The van der Waals surface area contributed by atoms with Gasteiger partial charge in [0, 0.05) is 18.3 Å². The molecule has 1 heterocycles. The first-order chi connectivity index (χ1) is 7.84. The lowest BCUT2D eigenvalue weighted by atomic mass is 10.1. The van der Waals surface area contributed by atoms with Gasteiger partial charge in [0.2, 0.25) is 0 Å². The summed E-state index contributed by atoms with van der Waals surface area (Å²) in [6.07, 6.45) is 2.17. The smallest absolute Gasteiger partial charge is 0.319 e. The second kappa shape index (κ2) is 5.51. The number of amides is 2. The Kier molecular flexibility index (Phi) is 3.77. The molecule has 0 aromatic heterocycles. The van der Waals surface area contributed by atoms with Gasteiger partial charge in [-0.25, -0.2) is 4.79 Å². The van der Waals surface area contributed by atoms with Crippen molar-refractivity contribution in [3.63, 3.8) is 0 Å². The highest BCUT2D eigenvalue weighted by Crippen LogP contribution is 2.05. The Hall–Kier alpha value is -1.55. The van der Waals surface area contributed by atoms with Gasteiger partial charge in [-0.1, -0.05) is 18.2 Å². The summed E-state index contributed by atoms with van der Waals surface area (Å²) in [4.78, 5) is 11.6. The molecule has 0 radical (unpaired) electrons. The first-order valence-electron chi connectivity index (χ1n) is 5.68. The quantitative estimate of drug-likeness (QED) is 0.707. The number of nitrogens with one attached hydrogen (secondary N) is 3. The summed E-state index contributed by atoms with van der Waals surface area (Å²) in [5.41, 5.74) is 0.823. The molecule has 1 atom stereocenters. The van der Waals surface area contributed by atoms with E-state index in [9.17, 15) is 4.79 Å². The third-order valence-electron chi connectivity index (χ3n) is 2.66. The van der Waals surface area contributed by atoms with Gasteiger partial charge in [0.05, 0.1) is 0 Å². The highest BCUT2D eigenvalue weighted by molar-refractivity contribution is 5.89. The van der Waals surface area contributed by atoms with Crippen molar-refractivity contribution in [1.29, 1.82) is 0 Å². The fourth-order valence-electron chi connectivity index (χ4n) is 1.85. The number of hydrogen-bond acceptors (Lipinski definition) is 2. The minimum absolute atomic E-state index is 0.125. The molecular weight excluding hydrogens is 202 g/mol. The van der Waals surface area contributed by atoms with Gasteiger partial charge in [0.1, 0.15) is 0 Å². The normalized spacial score (nSPS) is 20.1. The minimum Gasteiger partial charge on any atom is -0.334 e. The van der Waals surface area contributed by atoms with Gasteiger partial charge >= 0.3 is 6.03 Å². The number of para-hydroxylation sites is 1. The van der Waals surface area contributed by atoms with Gasteiger partial charge in [-0.15, -0.1) is 0 Å². The van der Waals surface area contributed by atoms with Crippen LogP contribution in [0.1, 0.15) is 12.8 Å². The highest BCUT2D eigenvalue weighted by atomic mass is 16.2. The molecule has 1 aromatic carbocycles. The summed E-state index contributed by atoms with van der Waals surface area (Å²) in [5.74, 6) is 0. The predicted molar refractivity (Wildman–Crippen MR) is 64.5 cm³/mol. The van der Waals surface area contributed by atoms with E-state index in [1.54, 1.807) is 0 Å². The number of carbonyl (C=O) groups excluding carboxylic acids is 1. The molecule has 0 saturated carbocycles. The Labute approximate surface area is 95.4 Å². The molecule has 0 aliphatic carbocycles. The Bertz CT molecular complexity index is 333. The lowest BCUT2D eigenvalue weighted by molar-refractivity contribution is 0.245. The number of piperidine rings is 1. The molecule has 0 bridgehead atoms. The number of carbonyl (C=O) groups is 1. The van der Waals surface area contributed by atoms with Crippen LogP contribution in [-0.4, -0.2) is 25.2 Å². The number of hydrogen-bond donors (Lipinski definition) is 3. The standard InChI is InChI=1S/C12H17N3O/c16-12(14-10-5-2-1-3-6-10)15-11-7-4-8-13-9-11/h1-3,5-6,11,13H,4,7-9H2,(H2,14,15,16)/t11-/m1/s1. The van der Waals surface area contributed by atoms with Crippen molar-refractivity contribution in [2.24, 2.45) is 0 Å². The van der Waals surface area contributed by atoms with Crippen LogP contribution >= 0.6 is 0 Å². The lowest BCUT2D eigenvalue weighted by Crippen LogP contribution is -2.47. The maximum atomic E-state index is 11.6. The summed E-state index contributed by atoms with van der Waals surface area (Å²) < 4.78 is 0. The van der Waals surface area contributed by atoms with Crippen molar-refractivity contribution >= 4 is 11.7 Å². The van der Waals surface area contributed by atoms with Crippen LogP contribution in [0.3, 0.4) is 0 Å². The van der Waals surface area contributed by atoms with Crippen molar-refractivity contribution in [2.45, 2.75) is 18.9 Å². The number of anilines is 1. The van der Waals surface area contributed by atoms with Crippen LogP contribution in [0.2, 0.25) is 0 Å². The molecule has 1 saturated heterocycles. The average Bonchev–Trinajstić information content (AvgIpc) is 2.31. The zero-order chi connectivity index (χ0) is 11.2. The van der Waals surface area contributed by atoms with Crippen molar-refractivity contribution in [1.82, 2.24) is 10.6 Å². The Morgan fingerprint density at radius 3 is 2.81 bits per heavy atom. The second-order valence-corrected chi connectivity index (χ2v) is 4.01. The van der Waals surface area contributed by atoms with Gasteiger partial charge in [-0.3, -0.25) is 0 Å². The summed E-state index contributed by atoms with van der Waals surface area (Å²) >= 11 is 0. The first kappa shape index (κ1) is 11.0. The van der Waals surface area contributed by atoms with E-state index in [0.717, 1.165) is 31.6 Å². The van der Waals surface area contributed by atoms with E-state index in [0.29, 0.717) is 0 Å². The van der Waals surface area contributed by atoms with E-state index >= 15 is 0 Å². The van der Waals surface area contributed by atoms with E-state index in [1.165, 1.54) is 0 Å². The van der Waals surface area contributed by atoms with Crippen molar-refractivity contribution in [3.8, 4) is 0 Å². The summed E-state index contributed by atoms with van der Waals surface area (Å²) in [6.45, 7) is 1.92. The molecule has 4 heteroatoms. The number of rotatable bonds is 2.